The van der Waals surface area contributed by atoms with Crippen LogP contribution in [0.4, 0.5) is 0 Å². The summed E-state index contributed by atoms with van der Waals surface area (Å²) in [5, 5.41) is 20.7. The van der Waals surface area contributed by atoms with Crippen LogP contribution >= 0.6 is 0 Å². The third-order valence-electron chi connectivity index (χ3n) is 3.45. The first kappa shape index (κ1) is 14.2. The van der Waals surface area contributed by atoms with Crippen LogP contribution in [0.25, 0.3) is 0 Å². The van der Waals surface area contributed by atoms with E-state index < -0.39 is 11.9 Å². The molecule has 1 heterocycles. The number of tetrazole rings is 1. The van der Waals surface area contributed by atoms with Crippen LogP contribution in [0.3, 0.4) is 0 Å². The number of carboxylic acids is 1. The zero-order valence-corrected chi connectivity index (χ0v) is 11.8. The SMILES string of the molecule is CC(Cn1nnnc1C(C)(C)c1ccccc1)C(=O)O. The molecule has 1 N–H and O–H groups in total. The van der Waals surface area contributed by atoms with E-state index in [1.807, 2.05) is 44.2 Å². The minimum atomic E-state index is -0.857. The van der Waals surface area contributed by atoms with Crippen molar-refractivity contribution in [1.29, 1.82) is 0 Å². The van der Waals surface area contributed by atoms with Gasteiger partial charge < -0.3 is 5.11 Å². The predicted molar refractivity (Wildman–Crippen MR) is 73.2 cm³/mol. The van der Waals surface area contributed by atoms with Gasteiger partial charge in [0.2, 0.25) is 0 Å². The lowest BCUT2D eigenvalue weighted by Crippen LogP contribution is -2.27. The molecule has 1 unspecified atom stereocenters. The molecular weight excluding hydrogens is 256 g/mol. The maximum atomic E-state index is 11.0. The molecule has 0 amide bonds. The molecule has 0 aliphatic heterocycles. The highest BCUT2D eigenvalue weighted by molar-refractivity contribution is 5.69. The van der Waals surface area contributed by atoms with Crippen molar-refractivity contribution in [2.24, 2.45) is 5.92 Å². The van der Waals surface area contributed by atoms with Crippen molar-refractivity contribution >= 4 is 5.97 Å². The van der Waals surface area contributed by atoms with E-state index in [-0.39, 0.29) is 12.0 Å². The zero-order valence-electron chi connectivity index (χ0n) is 11.8. The topological polar surface area (TPSA) is 80.9 Å². The molecule has 1 aromatic heterocycles. The second-order valence-corrected chi connectivity index (χ2v) is 5.41. The van der Waals surface area contributed by atoms with E-state index in [9.17, 15) is 4.79 Å². The van der Waals surface area contributed by atoms with Crippen molar-refractivity contribution in [2.45, 2.75) is 32.7 Å². The van der Waals surface area contributed by atoms with E-state index in [1.165, 1.54) is 0 Å². The summed E-state index contributed by atoms with van der Waals surface area (Å²) in [4.78, 5) is 11.0. The van der Waals surface area contributed by atoms with E-state index in [0.717, 1.165) is 5.56 Å². The fraction of sp³-hybridized carbons (Fsp3) is 0.429. The van der Waals surface area contributed by atoms with Gasteiger partial charge in [-0.15, -0.1) is 5.10 Å². The lowest BCUT2D eigenvalue weighted by molar-refractivity contribution is -0.141. The second-order valence-electron chi connectivity index (χ2n) is 5.41. The van der Waals surface area contributed by atoms with E-state index >= 15 is 0 Å². The van der Waals surface area contributed by atoms with Crippen molar-refractivity contribution in [3.05, 3.63) is 41.7 Å². The highest BCUT2D eigenvalue weighted by Crippen LogP contribution is 2.29. The lowest BCUT2D eigenvalue weighted by atomic mass is 9.84. The molecule has 0 fully saturated rings. The third-order valence-corrected chi connectivity index (χ3v) is 3.45. The van der Waals surface area contributed by atoms with Gasteiger partial charge in [0.15, 0.2) is 5.82 Å². The largest absolute Gasteiger partial charge is 0.481 e. The Morgan fingerprint density at radius 2 is 2.00 bits per heavy atom. The minimum absolute atomic E-state index is 0.258. The number of aromatic nitrogens is 4. The van der Waals surface area contributed by atoms with E-state index in [1.54, 1.807) is 11.6 Å². The summed E-state index contributed by atoms with van der Waals surface area (Å²) in [6, 6.07) is 9.91. The molecule has 0 radical (unpaired) electrons. The van der Waals surface area contributed by atoms with Gasteiger partial charge in [-0.2, -0.15) is 0 Å². The molecule has 0 saturated heterocycles. The quantitative estimate of drug-likeness (QED) is 0.897. The van der Waals surface area contributed by atoms with Crippen LogP contribution in [0.1, 0.15) is 32.2 Å². The molecule has 6 nitrogen and oxygen atoms in total. The highest BCUT2D eigenvalue weighted by atomic mass is 16.4. The fourth-order valence-corrected chi connectivity index (χ4v) is 2.10. The Hall–Kier alpha value is -2.24. The van der Waals surface area contributed by atoms with Gasteiger partial charge in [-0.05, 0) is 29.8 Å². The number of hydrogen-bond acceptors (Lipinski definition) is 4. The summed E-state index contributed by atoms with van der Waals surface area (Å²) in [5.41, 5.74) is 0.697. The summed E-state index contributed by atoms with van der Waals surface area (Å²) in [5.74, 6) is -0.732. The van der Waals surface area contributed by atoms with Crippen LogP contribution in [-0.4, -0.2) is 31.3 Å². The van der Waals surface area contributed by atoms with E-state index in [2.05, 4.69) is 15.5 Å². The number of hydrogen-bond donors (Lipinski definition) is 1. The van der Waals surface area contributed by atoms with Gasteiger partial charge >= 0.3 is 5.97 Å². The summed E-state index contributed by atoms with van der Waals surface area (Å²) < 4.78 is 1.58. The number of benzene rings is 1. The zero-order chi connectivity index (χ0) is 14.8. The number of carbonyl (C=O) groups is 1. The molecule has 0 aliphatic carbocycles. The molecule has 2 aromatic rings. The van der Waals surface area contributed by atoms with Gasteiger partial charge in [-0.3, -0.25) is 4.79 Å². The number of aliphatic carboxylic acids is 1. The summed E-state index contributed by atoms with van der Waals surface area (Å²) in [7, 11) is 0. The van der Waals surface area contributed by atoms with Crippen molar-refractivity contribution in [3.63, 3.8) is 0 Å². The maximum Gasteiger partial charge on any atom is 0.308 e. The standard InChI is InChI=1S/C14H18N4O2/c1-10(12(19)20)9-18-13(15-16-17-18)14(2,3)11-7-5-4-6-8-11/h4-8,10H,9H2,1-3H3,(H,19,20). The summed E-state index contributed by atoms with van der Waals surface area (Å²) >= 11 is 0. The molecule has 6 heteroatoms. The fourth-order valence-electron chi connectivity index (χ4n) is 2.10. The Balaban J connectivity index is 2.34. The molecule has 106 valence electrons. The normalized spacial score (nSPS) is 13.2. The monoisotopic (exact) mass is 274 g/mol. The first-order chi connectivity index (χ1) is 9.43. The van der Waals surface area contributed by atoms with Crippen LogP contribution in [0.2, 0.25) is 0 Å². The maximum absolute atomic E-state index is 11.0. The van der Waals surface area contributed by atoms with Crippen molar-refractivity contribution in [1.82, 2.24) is 20.2 Å². The van der Waals surface area contributed by atoms with E-state index in [0.29, 0.717) is 5.82 Å². The lowest BCUT2D eigenvalue weighted by Gasteiger charge is -2.24. The molecule has 0 saturated carbocycles. The highest BCUT2D eigenvalue weighted by Gasteiger charge is 2.30. The Morgan fingerprint density at radius 1 is 1.35 bits per heavy atom. The summed E-state index contributed by atoms with van der Waals surface area (Å²) in [6.07, 6.45) is 0. The van der Waals surface area contributed by atoms with Gasteiger partial charge in [0, 0.05) is 0 Å². The second kappa shape index (κ2) is 5.40. The predicted octanol–water partition coefficient (Wildman–Crippen LogP) is 1.72. The Morgan fingerprint density at radius 3 is 2.60 bits per heavy atom. The molecule has 0 spiro atoms. The average molecular weight is 274 g/mol. The Labute approximate surface area is 117 Å². The van der Waals surface area contributed by atoms with Gasteiger partial charge in [0.05, 0.1) is 17.9 Å². The number of rotatable bonds is 5. The molecule has 1 aromatic carbocycles. The summed E-state index contributed by atoms with van der Waals surface area (Å²) in [6.45, 7) is 5.95. The molecule has 20 heavy (non-hydrogen) atoms. The number of carboxylic acid groups (broad SMARTS) is 1. The third kappa shape index (κ3) is 2.68. The van der Waals surface area contributed by atoms with Crippen LogP contribution in [-0.2, 0) is 16.8 Å². The average Bonchev–Trinajstić information content (AvgIpc) is 2.88. The number of nitrogens with zero attached hydrogens (tertiary/aromatic N) is 4. The first-order valence-corrected chi connectivity index (χ1v) is 6.48. The van der Waals surface area contributed by atoms with Gasteiger partial charge in [-0.25, -0.2) is 4.68 Å². The molecule has 0 bridgehead atoms. The van der Waals surface area contributed by atoms with Gasteiger partial charge in [0.1, 0.15) is 0 Å². The van der Waals surface area contributed by atoms with Gasteiger partial charge in [0.25, 0.3) is 0 Å². The Bertz CT molecular complexity index is 592. The Kier molecular flexibility index (Phi) is 3.83. The van der Waals surface area contributed by atoms with Crippen LogP contribution in [0.15, 0.2) is 30.3 Å². The van der Waals surface area contributed by atoms with Crippen molar-refractivity contribution < 1.29 is 9.90 Å². The van der Waals surface area contributed by atoms with Gasteiger partial charge in [-0.1, -0.05) is 37.3 Å². The smallest absolute Gasteiger partial charge is 0.308 e. The molecular formula is C14H18N4O2. The van der Waals surface area contributed by atoms with Crippen LogP contribution in [0.5, 0.6) is 0 Å². The first-order valence-electron chi connectivity index (χ1n) is 6.48. The molecule has 1 atom stereocenters. The van der Waals surface area contributed by atoms with Crippen molar-refractivity contribution in [3.8, 4) is 0 Å². The molecule has 2 rings (SSSR count). The van der Waals surface area contributed by atoms with E-state index in [4.69, 9.17) is 5.11 Å². The minimum Gasteiger partial charge on any atom is -0.481 e. The van der Waals surface area contributed by atoms with Crippen LogP contribution in [0, 0.1) is 5.92 Å². The van der Waals surface area contributed by atoms with Crippen LogP contribution < -0.4 is 0 Å². The van der Waals surface area contributed by atoms with Crippen molar-refractivity contribution in [2.75, 3.05) is 0 Å². The molecule has 0 aliphatic rings.